The predicted octanol–water partition coefficient (Wildman–Crippen LogP) is 2.82. The van der Waals surface area contributed by atoms with E-state index in [1.807, 2.05) is 12.1 Å². The number of fused-ring (bicyclic) bond motifs is 1. The first-order valence-electron chi connectivity index (χ1n) is 9.78. The molecule has 148 valence electrons. The Bertz CT molecular complexity index is 867. The van der Waals surface area contributed by atoms with Gasteiger partial charge in [-0.25, -0.2) is 9.97 Å². The van der Waals surface area contributed by atoms with Crippen molar-refractivity contribution < 1.29 is 10.2 Å². The normalized spacial score (nSPS) is 22.6. The van der Waals surface area contributed by atoms with Gasteiger partial charge in [-0.3, -0.25) is 4.98 Å². The van der Waals surface area contributed by atoms with Gasteiger partial charge in [-0.05, 0) is 51.7 Å². The molecule has 0 amide bonds. The average molecular weight is 386 g/mol. The van der Waals surface area contributed by atoms with Crippen LogP contribution in [-0.4, -0.2) is 43.9 Å². The highest BCUT2D eigenvalue weighted by atomic mass is 16.4. The third-order valence-electron chi connectivity index (χ3n) is 5.50. The van der Waals surface area contributed by atoms with Gasteiger partial charge in [-0.15, -0.1) is 0 Å². The largest absolute Gasteiger partial charge is 0.393 e. The molecule has 0 radical (unpaired) electrons. The van der Waals surface area contributed by atoms with Crippen LogP contribution in [0.1, 0.15) is 45.2 Å². The zero-order chi connectivity index (χ0) is 19.9. The molecule has 7 heteroatoms. The van der Waals surface area contributed by atoms with Gasteiger partial charge >= 0.3 is 0 Å². The molecule has 1 aliphatic heterocycles. The van der Waals surface area contributed by atoms with Crippen LogP contribution < -0.4 is 10.2 Å². The van der Waals surface area contributed by atoms with E-state index >= 15 is 0 Å². The third-order valence-corrected chi connectivity index (χ3v) is 5.50. The van der Waals surface area contributed by atoms with Gasteiger partial charge in [0.25, 0.3) is 0 Å². The number of anilines is 2. The minimum absolute atomic E-state index is 0.204. The second-order valence-electron chi connectivity index (χ2n) is 8.17. The van der Waals surface area contributed by atoms with Crippen LogP contribution in [0.5, 0.6) is 0 Å². The second-order valence-corrected chi connectivity index (χ2v) is 8.17. The number of nitrogens with one attached hydrogen (secondary N) is 1. The minimum Gasteiger partial charge on any atom is -0.393 e. The fourth-order valence-corrected chi connectivity index (χ4v) is 3.89. The van der Waals surface area contributed by atoms with Gasteiger partial charge in [0.15, 0.2) is 11.6 Å². The first-order valence-corrected chi connectivity index (χ1v) is 9.78. The zero-order valence-corrected chi connectivity index (χ0v) is 16.4. The Morgan fingerprint density at radius 2 is 1.89 bits per heavy atom. The third kappa shape index (κ3) is 3.59. The maximum atomic E-state index is 10.1. The minimum atomic E-state index is -0.982. The maximum absolute atomic E-state index is 10.1. The molecular weight excluding hydrogens is 359 g/mol. The summed E-state index contributed by atoms with van der Waals surface area (Å²) in [6.45, 7) is 8.29. The van der Waals surface area contributed by atoms with Crippen molar-refractivity contribution in [1.29, 1.82) is 0 Å². The predicted molar refractivity (Wildman–Crippen MR) is 109 cm³/mol. The van der Waals surface area contributed by atoms with Crippen LogP contribution in [0.3, 0.4) is 0 Å². The highest BCUT2D eigenvalue weighted by Gasteiger charge is 2.32. The van der Waals surface area contributed by atoms with Gasteiger partial charge in [0.05, 0.1) is 30.2 Å². The van der Waals surface area contributed by atoms with Gasteiger partial charge in [-0.1, -0.05) is 6.58 Å². The van der Waals surface area contributed by atoms with Crippen LogP contribution in [0.2, 0.25) is 0 Å². The van der Waals surface area contributed by atoms with Crippen molar-refractivity contribution in [3.05, 3.63) is 42.5 Å². The summed E-state index contributed by atoms with van der Waals surface area (Å²) >= 11 is 0. The van der Waals surface area contributed by atoms with Crippen LogP contribution in [0, 0.1) is 0 Å². The van der Waals surface area contributed by atoms with Crippen LogP contribution in [0.15, 0.2) is 36.8 Å². The fraction of sp³-hybridized carbons (Fsp3) is 0.476. The number of aliphatic hydroxyl groups excluding tert-OH is 1. The van der Waals surface area contributed by atoms with Gasteiger partial charge < -0.3 is 20.4 Å². The number of pyridine rings is 1. The van der Waals surface area contributed by atoms with Crippen LogP contribution in [-0.2, 0) is 5.60 Å². The van der Waals surface area contributed by atoms with Crippen LogP contribution >= 0.6 is 0 Å². The molecule has 0 bridgehead atoms. The molecule has 1 saturated carbocycles. The smallest absolute Gasteiger partial charge is 0.176 e. The van der Waals surface area contributed by atoms with Gasteiger partial charge in [0, 0.05) is 23.5 Å². The lowest BCUT2D eigenvalue weighted by Gasteiger charge is -2.40. The topological polar surface area (TPSA) is 94.4 Å². The lowest BCUT2D eigenvalue weighted by molar-refractivity contribution is 0.0739. The van der Waals surface area contributed by atoms with Gasteiger partial charge in [0.2, 0.25) is 0 Å². The zero-order valence-electron chi connectivity index (χ0n) is 16.4. The molecule has 28 heavy (non-hydrogen) atoms. The molecule has 7 nitrogen and oxygen atoms in total. The maximum Gasteiger partial charge on any atom is 0.176 e. The van der Waals surface area contributed by atoms with Crippen molar-refractivity contribution in [1.82, 2.24) is 15.0 Å². The lowest BCUT2D eigenvalue weighted by Crippen LogP contribution is -2.43. The van der Waals surface area contributed by atoms with E-state index in [1.165, 1.54) is 0 Å². The fourth-order valence-electron chi connectivity index (χ4n) is 3.89. The summed E-state index contributed by atoms with van der Waals surface area (Å²) in [6, 6.07) is 3.99. The summed E-state index contributed by atoms with van der Waals surface area (Å²) in [7, 11) is 0. The molecule has 0 unspecified atom stereocenters. The number of hydrogen-bond acceptors (Lipinski definition) is 7. The van der Waals surface area contributed by atoms with Gasteiger partial charge in [-0.2, -0.15) is 0 Å². The number of rotatable bonds is 3. The van der Waals surface area contributed by atoms with E-state index in [-0.39, 0.29) is 12.1 Å². The Kier molecular flexibility index (Phi) is 4.81. The molecule has 3 heterocycles. The Balaban J connectivity index is 1.67. The first kappa shape index (κ1) is 18.8. The molecule has 2 aromatic rings. The summed E-state index contributed by atoms with van der Waals surface area (Å²) in [5.74, 6) is 1.53. The SMILES string of the molecule is C=[13C]1[13CH2]Nc2ncc(-c3ccc([13C]([13CH3])([13CH3])O)nc3)nc2N1[C@H]1CC[C@H](O)CC1. The Morgan fingerprint density at radius 3 is 2.54 bits per heavy atom. The Labute approximate surface area is 165 Å². The monoisotopic (exact) mass is 386 g/mol. The Hall–Kier alpha value is -2.51. The summed E-state index contributed by atoms with van der Waals surface area (Å²) in [5, 5.41) is 23.2. The molecule has 0 saturated heterocycles. The highest BCUT2D eigenvalue weighted by Crippen LogP contribution is 2.36. The summed E-state index contributed by atoms with van der Waals surface area (Å²) in [4.78, 5) is 16.0. The molecule has 2 aliphatic rings. The Morgan fingerprint density at radius 1 is 1.14 bits per heavy atom. The number of aliphatic hydroxyl groups is 2. The van der Waals surface area contributed by atoms with Crippen molar-refractivity contribution >= 4 is 11.6 Å². The van der Waals surface area contributed by atoms with Crippen molar-refractivity contribution in [2.45, 2.75) is 57.3 Å². The molecule has 0 atom stereocenters. The van der Waals surface area contributed by atoms with Gasteiger partial charge in [0.1, 0.15) is 5.60 Å². The van der Waals surface area contributed by atoms with E-state index in [1.54, 1.807) is 26.2 Å². The lowest BCUT2D eigenvalue weighted by atomic mass is 9.92. The van der Waals surface area contributed by atoms with Crippen molar-refractivity contribution in [2.24, 2.45) is 0 Å². The van der Waals surface area contributed by atoms with E-state index in [0.717, 1.165) is 54.3 Å². The summed E-state index contributed by atoms with van der Waals surface area (Å²) in [5.41, 5.74) is 2.17. The molecular formula is C21H27N5O2. The summed E-state index contributed by atoms with van der Waals surface area (Å²) < 4.78 is 0. The number of nitrogens with zero attached hydrogens (tertiary/aromatic N) is 4. The van der Waals surface area contributed by atoms with E-state index in [4.69, 9.17) is 4.98 Å². The molecule has 2 aromatic heterocycles. The standard InChI is InChI=1S/C21H27N5O2/c1-13-10-23-19-20(26(13)15-5-7-16(27)8-6-15)25-17(12-24-19)14-4-9-18(22-11-14)21(2,3)28/h4,9,11-12,15-16,27-28H,1,5-8,10H2,2-3H3,(H,23,24)/t15-,16-/i2+1,3+1,10+1,13+1,21+1. The van der Waals surface area contributed by atoms with Crippen molar-refractivity contribution in [3.8, 4) is 11.3 Å². The van der Waals surface area contributed by atoms with E-state index in [0.29, 0.717) is 12.2 Å². The molecule has 1 aliphatic carbocycles. The molecule has 4 rings (SSSR count). The number of hydrogen-bond donors (Lipinski definition) is 3. The quantitative estimate of drug-likeness (QED) is 0.698. The molecule has 0 spiro atoms. The van der Waals surface area contributed by atoms with Crippen LogP contribution in [0.25, 0.3) is 11.3 Å². The van der Waals surface area contributed by atoms with Crippen LogP contribution in [0.4, 0.5) is 11.6 Å². The van der Waals surface area contributed by atoms with Crippen molar-refractivity contribution in [2.75, 3.05) is 16.8 Å². The van der Waals surface area contributed by atoms with E-state index in [2.05, 4.69) is 26.8 Å². The first-order chi connectivity index (χ1) is 13.3. The van der Waals surface area contributed by atoms with E-state index < -0.39 is 5.60 Å². The average Bonchev–Trinajstić information content (AvgIpc) is 2.68. The number of aromatic nitrogens is 3. The highest BCUT2D eigenvalue weighted by molar-refractivity contribution is 5.72. The molecule has 1 fully saturated rings. The molecule has 0 aromatic carbocycles. The van der Waals surface area contributed by atoms with E-state index in [9.17, 15) is 10.2 Å². The molecule has 3 N–H and O–H groups in total. The second kappa shape index (κ2) is 7.14. The van der Waals surface area contributed by atoms with Crippen molar-refractivity contribution in [3.63, 3.8) is 0 Å². The summed E-state index contributed by atoms with van der Waals surface area (Å²) in [6.07, 6.45) is 6.67.